The largest absolute Gasteiger partial charge is 0.457 e. The average Bonchev–Trinajstić information content (AvgIpc) is 3.24. The summed E-state index contributed by atoms with van der Waals surface area (Å²) in [4.78, 5) is 53.4. The quantitative estimate of drug-likeness (QED) is 0.419. The highest BCUT2D eigenvalue weighted by Crippen LogP contribution is 2.27. The molecule has 1 aromatic heterocycles. The fourth-order valence-corrected chi connectivity index (χ4v) is 4.35. The maximum Gasteiger partial charge on any atom is 0.328 e. The van der Waals surface area contributed by atoms with Gasteiger partial charge in [0.25, 0.3) is 5.56 Å². The number of nitrogens with one attached hydrogen (secondary N) is 2. The van der Waals surface area contributed by atoms with Crippen molar-refractivity contribution >= 4 is 28.4 Å². The van der Waals surface area contributed by atoms with E-state index in [1.54, 1.807) is 41.3 Å². The first-order chi connectivity index (χ1) is 17.5. The highest BCUT2D eigenvalue weighted by Gasteiger charge is 2.31. The van der Waals surface area contributed by atoms with Gasteiger partial charge in [0.1, 0.15) is 11.5 Å². The number of anilines is 1. The topological polar surface area (TPSA) is 114 Å². The molecule has 0 spiro atoms. The molecule has 9 heteroatoms. The number of carbonyl (C=O) groups excluding carboxylic acids is 2. The Hall–Kier alpha value is -4.66. The number of para-hydroxylation sites is 2. The Kier molecular flexibility index (Phi) is 6.36. The number of aryl methyl sites for hydroxylation is 1. The summed E-state index contributed by atoms with van der Waals surface area (Å²) in [6, 6.07) is 23.1. The minimum Gasteiger partial charge on any atom is -0.457 e. The van der Waals surface area contributed by atoms with Gasteiger partial charge in [0.2, 0.25) is 11.8 Å². The van der Waals surface area contributed by atoms with E-state index in [2.05, 4.69) is 10.3 Å². The van der Waals surface area contributed by atoms with Crippen molar-refractivity contribution in [3.8, 4) is 11.5 Å². The fourth-order valence-electron chi connectivity index (χ4n) is 4.35. The molecule has 0 aliphatic carbocycles. The summed E-state index contributed by atoms with van der Waals surface area (Å²) in [6.07, 6.45) is 0.224. The first kappa shape index (κ1) is 23.1. The molecule has 36 heavy (non-hydrogen) atoms. The molecule has 3 aromatic carbocycles. The van der Waals surface area contributed by atoms with E-state index < -0.39 is 11.2 Å². The van der Waals surface area contributed by atoms with Crippen LogP contribution < -0.4 is 26.2 Å². The van der Waals surface area contributed by atoms with Gasteiger partial charge in [-0.15, -0.1) is 0 Å². The van der Waals surface area contributed by atoms with Gasteiger partial charge in [-0.05, 0) is 48.5 Å². The zero-order valence-electron chi connectivity index (χ0n) is 19.3. The number of aromatic nitrogens is 2. The van der Waals surface area contributed by atoms with Gasteiger partial charge in [0.05, 0.1) is 16.9 Å². The van der Waals surface area contributed by atoms with Crippen molar-refractivity contribution in [2.24, 2.45) is 0 Å². The van der Waals surface area contributed by atoms with Crippen LogP contribution in [0.1, 0.15) is 12.8 Å². The number of H-pyrrole nitrogens is 1. The first-order valence-corrected chi connectivity index (χ1v) is 11.6. The molecule has 0 bridgehead atoms. The third-order valence-electron chi connectivity index (χ3n) is 6.09. The van der Waals surface area contributed by atoms with Crippen molar-refractivity contribution < 1.29 is 14.3 Å². The lowest BCUT2D eigenvalue weighted by Gasteiger charge is -2.18. The van der Waals surface area contributed by atoms with Gasteiger partial charge >= 0.3 is 5.69 Å². The highest BCUT2D eigenvalue weighted by atomic mass is 16.5. The molecule has 1 unspecified atom stereocenters. The third kappa shape index (κ3) is 4.90. The summed E-state index contributed by atoms with van der Waals surface area (Å²) in [7, 11) is 0. The van der Waals surface area contributed by atoms with Crippen molar-refractivity contribution in [1.82, 2.24) is 14.9 Å². The molecule has 2 N–H and O–H groups in total. The highest BCUT2D eigenvalue weighted by molar-refractivity contribution is 5.97. The molecular formula is C27H24N4O5. The summed E-state index contributed by atoms with van der Waals surface area (Å²) in [5.41, 5.74) is 0.179. The van der Waals surface area contributed by atoms with Gasteiger partial charge in [-0.1, -0.05) is 30.3 Å². The summed E-state index contributed by atoms with van der Waals surface area (Å²) >= 11 is 0. The number of hydrogen-bond donors (Lipinski definition) is 2. The molecule has 1 aliphatic rings. The van der Waals surface area contributed by atoms with Gasteiger partial charge < -0.3 is 15.0 Å². The number of carbonyl (C=O) groups is 2. The molecule has 2 amide bonds. The van der Waals surface area contributed by atoms with E-state index in [9.17, 15) is 19.2 Å². The van der Waals surface area contributed by atoms with Crippen LogP contribution in [0.2, 0.25) is 0 Å². The fraction of sp³-hybridized carbons (Fsp3) is 0.185. The summed E-state index contributed by atoms with van der Waals surface area (Å²) in [5.74, 6) is 1.03. The van der Waals surface area contributed by atoms with Crippen LogP contribution in [0.25, 0.3) is 10.9 Å². The Labute approximate surface area is 205 Å². The number of hydrogen-bond acceptors (Lipinski definition) is 5. The van der Waals surface area contributed by atoms with Crippen LogP contribution >= 0.6 is 0 Å². The molecule has 1 aliphatic heterocycles. The van der Waals surface area contributed by atoms with Crippen LogP contribution in [0, 0.1) is 0 Å². The van der Waals surface area contributed by atoms with Crippen LogP contribution in [0.5, 0.6) is 11.5 Å². The Morgan fingerprint density at radius 3 is 2.39 bits per heavy atom. The van der Waals surface area contributed by atoms with Crippen molar-refractivity contribution in [3.05, 3.63) is 99.7 Å². The van der Waals surface area contributed by atoms with Crippen LogP contribution in [0.4, 0.5) is 5.69 Å². The normalized spacial score (nSPS) is 15.3. The van der Waals surface area contributed by atoms with Crippen molar-refractivity contribution in [1.29, 1.82) is 0 Å². The summed E-state index contributed by atoms with van der Waals surface area (Å²) in [6.45, 7) is 0.459. The SMILES string of the molecule is O=C(CCn1c(=O)[nH]c(=O)c2ccccc21)NC1CC(=O)N(c2ccc(Oc3ccccc3)cc2)C1. The van der Waals surface area contributed by atoms with Crippen molar-refractivity contribution in [2.45, 2.75) is 25.4 Å². The second kappa shape index (κ2) is 9.91. The Bertz CT molecular complexity index is 1530. The maximum atomic E-state index is 12.6. The summed E-state index contributed by atoms with van der Waals surface area (Å²) < 4.78 is 7.17. The molecule has 9 nitrogen and oxygen atoms in total. The van der Waals surface area contributed by atoms with E-state index in [-0.39, 0.29) is 37.2 Å². The van der Waals surface area contributed by atoms with E-state index in [4.69, 9.17) is 4.74 Å². The number of benzene rings is 3. The van der Waals surface area contributed by atoms with E-state index in [1.807, 2.05) is 42.5 Å². The maximum absolute atomic E-state index is 12.6. The molecule has 1 fully saturated rings. The lowest BCUT2D eigenvalue weighted by atomic mass is 10.2. The minimum absolute atomic E-state index is 0.0339. The molecule has 4 aromatic rings. The van der Waals surface area contributed by atoms with Crippen LogP contribution in [0.15, 0.2) is 88.5 Å². The second-order valence-corrected chi connectivity index (χ2v) is 8.56. The van der Waals surface area contributed by atoms with Crippen LogP contribution in [-0.4, -0.2) is 34.0 Å². The van der Waals surface area contributed by atoms with Crippen LogP contribution in [-0.2, 0) is 16.1 Å². The van der Waals surface area contributed by atoms with E-state index in [0.717, 1.165) is 11.4 Å². The van der Waals surface area contributed by atoms with Gasteiger partial charge in [-0.2, -0.15) is 0 Å². The van der Waals surface area contributed by atoms with E-state index in [0.29, 0.717) is 23.2 Å². The van der Waals surface area contributed by atoms with Crippen LogP contribution in [0.3, 0.4) is 0 Å². The number of aromatic amines is 1. The van der Waals surface area contributed by atoms with Crippen molar-refractivity contribution in [3.63, 3.8) is 0 Å². The monoisotopic (exact) mass is 484 g/mol. The standard InChI is InChI=1S/C27H24N4O5/c32-24(14-15-30-23-9-5-4-8-22(23)26(34)29-27(30)35)28-18-16-25(33)31(17-18)19-10-12-21(13-11-19)36-20-6-2-1-3-7-20/h1-13,18H,14-17H2,(H,28,32)(H,29,34,35). The number of ether oxygens (including phenoxy) is 1. The molecule has 1 atom stereocenters. The van der Waals surface area contributed by atoms with Gasteiger partial charge in [0, 0.05) is 31.6 Å². The predicted molar refractivity (Wildman–Crippen MR) is 135 cm³/mol. The number of rotatable bonds is 7. The Balaban J connectivity index is 1.19. The van der Waals surface area contributed by atoms with E-state index in [1.165, 1.54) is 4.57 Å². The Morgan fingerprint density at radius 1 is 0.917 bits per heavy atom. The average molecular weight is 485 g/mol. The number of nitrogens with zero attached hydrogens (tertiary/aromatic N) is 2. The van der Waals surface area contributed by atoms with Crippen molar-refractivity contribution in [2.75, 3.05) is 11.4 Å². The first-order valence-electron chi connectivity index (χ1n) is 11.6. The van der Waals surface area contributed by atoms with E-state index >= 15 is 0 Å². The smallest absolute Gasteiger partial charge is 0.328 e. The molecule has 2 heterocycles. The molecule has 5 rings (SSSR count). The Morgan fingerprint density at radius 2 is 1.61 bits per heavy atom. The molecule has 0 saturated carbocycles. The lowest BCUT2D eigenvalue weighted by molar-refractivity contribution is -0.122. The molecule has 1 saturated heterocycles. The van der Waals surface area contributed by atoms with Gasteiger partial charge in [-0.3, -0.25) is 23.9 Å². The lowest BCUT2D eigenvalue weighted by Crippen LogP contribution is -2.38. The summed E-state index contributed by atoms with van der Waals surface area (Å²) in [5, 5.41) is 3.27. The zero-order chi connectivity index (χ0) is 25.1. The third-order valence-corrected chi connectivity index (χ3v) is 6.09. The minimum atomic E-state index is -0.562. The molecule has 182 valence electrons. The number of fused-ring (bicyclic) bond motifs is 1. The van der Waals surface area contributed by atoms with Gasteiger partial charge in [-0.25, -0.2) is 4.79 Å². The zero-order valence-corrected chi connectivity index (χ0v) is 19.3. The molecular weight excluding hydrogens is 460 g/mol. The second-order valence-electron chi connectivity index (χ2n) is 8.56. The molecule has 0 radical (unpaired) electrons. The van der Waals surface area contributed by atoms with Gasteiger partial charge in [0.15, 0.2) is 0 Å². The predicted octanol–water partition coefficient (Wildman–Crippen LogP) is 2.79. The number of amides is 2.